The summed E-state index contributed by atoms with van der Waals surface area (Å²) < 4.78 is 50.8. The molecule has 0 saturated heterocycles. The van der Waals surface area contributed by atoms with Crippen molar-refractivity contribution in [2.24, 2.45) is 7.05 Å². The molecule has 0 spiro atoms. The van der Waals surface area contributed by atoms with Gasteiger partial charge in [0.1, 0.15) is 0 Å². The van der Waals surface area contributed by atoms with Gasteiger partial charge in [0.05, 0.1) is 18.4 Å². The molecule has 0 aliphatic rings. The first kappa shape index (κ1) is 23.5. The van der Waals surface area contributed by atoms with Gasteiger partial charge >= 0.3 is 6.18 Å². The molecule has 1 atom stereocenters. The zero-order valence-electron chi connectivity index (χ0n) is 17.5. The van der Waals surface area contributed by atoms with E-state index >= 15 is 0 Å². The van der Waals surface area contributed by atoms with Crippen LogP contribution in [0.4, 0.5) is 18.9 Å². The number of hydrogen-bond donors (Lipinski definition) is 1. The molecule has 1 N–H and O–H groups in total. The van der Waals surface area contributed by atoms with E-state index in [1.807, 2.05) is 19.1 Å². The molecule has 0 aliphatic carbocycles. The number of anilines is 1. The fraction of sp³-hybridized carbons (Fsp3) is 0.286. The Hall–Kier alpha value is -3.21. The first-order valence-corrected chi connectivity index (χ1v) is 10.5. The van der Waals surface area contributed by atoms with E-state index in [0.717, 1.165) is 23.9 Å². The maximum absolute atomic E-state index is 12.6. The van der Waals surface area contributed by atoms with Crippen molar-refractivity contribution in [2.75, 3.05) is 18.2 Å². The Bertz CT molecular complexity index is 1070. The molecular formula is C21H21F3N4O3S. The molecule has 0 radical (unpaired) electrons. The largest absolute Gasteiger partial charge is 0.493 e. The molecule has 2 aromatic carbocycles. The van der Waals surface area contributed by atoms with E-state index in [2.05, 4.69) is 15.5 Å². The lowest BCUT2D eigenvalue weighted by Gasteiger charge is -2.16. The second kappa shape index (κ2) is 9.94. The molecule has 1 heterocycles. The Morgan fingerprint density at radius 1 is 1.12 bits per heavy atom. The fourth-order valence-electron chi connectivity index (χ4n) is 2.83. The van der Waals surface area contributed by atoms with Crippen molar-refractivity contribution < 1.29 is 27.4 Å². The number of aromatic nitrogens is 3. The summed E-state index contributed by atoms with van der Waals surface area (Å²) in [6.07, 6.45) is -4.85. The predicted octanol–water partition coefficient (Wildman–Crippen LogP) is 4.71. The lowest BCUT2D eigenvalue weighted by Crippen LogP contribution is -2.15. The Morgan fingerprint density at radius 3 is 2.41 bits per heavy atom. The second-order valence-electron chi connectivity index (χ2n) is 6.72. The number of benzene rings is 2. The molecule has 0 aliphatic heterocycles. The van der Waals surface area contributed by atoms with Gasteiger partial charge in [0.25, 0.3) is 0 Å². The zero-order chi connectivity index (χ0) is 23.3. The van der Waals surface area contributed by atoms with Gasteiger partial charge in [0, 0.05) is 12.7 Å². The van der Waals surface area contributed by atoms with Gasteiger partial charge in [-0.3, -0.25) is 4.79 Å². The smallest absolute Gasteiger partial charge is 0.416 e. The number of carbonyl (C=O) groups is 1. The zero-order valence-corrected chi connectivity index (χ0v) is 18.3. The van der Waals surface area contributed by atoms with Gasteiger partial charge in [0.2, 0.25) is 5.91 Å². The summed E-state index contributed by atoms with van der Waals surface area (Å²) in [4.78, 5) is 12.2. The number of amides is 1. The van der Waals surface area contributed by atoms with E-state index in [-0.39, 0.29) is 17.3 Å². The minimum atomic E-state index is -4.42. The molecule has 0 fully saturated rings. The van der Waals surface area contributed by atoms with Crippen molar-refractivity contribution in [1.82, 2.24) is 14.8 Å². The van der Waals surface area contributed by atoms with Crippen LogP contribution in [0.5, 0.6) is 11.5 Å². The molecule has 11 heteroatoms. The van der Waals surface area contributed by atoms with E-state index in [9.17, 15) is 18.0 Å². The topological polar surface area (TPSA) is 78.3 Å². The maximum atomic E-state index is 12.6. The highest BCUT2D eigenvalue weighted by Crippen LogP contribution is 2.31. The normalized spacial score (nSPS) is 12.3. The van der Waals surface area contributed by atoms with Crippen LogP contribution in [0, 0.1) is 0 Å². The summed E-state index contributed by atoms with van der Waals surface area (Å²) in [5.74, 6) is 1.35. The summed E-state index contributed by atoms with van der Waals surface area (Å²) in [6, 6.07) is 11.5. The SMILES string of the molecule is COc1ccccc1OC(C)c1nnc(SCC(=O)Nc2ccc(C(F)(F)F)cc2)n1C. The van der Waals surface area contributed by atoms with Crippen molar-refractivity contribution >= 4 is 23.4 Å². The molecular weight excluding hydrogens is 445 g/mol. The maximum Gasteiger partial charge on any atom is 0.416 e. The number of ether oxygens (including phenoxy) is 2. The van der Waals surface area contributed by atoms with Crippen LogP contribution >= 0.6 is 11.8 Å². The van der Waals surface area contributed by atoms with E-state index in [1.54, 1.807) is 30.9 Å². The van der Waals surface area contributed by atoms with Crippen molar-refractivity contribution in [3.8, 4) is 11.5 Å². The highest BCUT2D eigenvalue weighted by Gasteiger charge is 2.30. The quantitative estimate of drug-likeness (QED) is 0.485. The molecule has 170 valence electrons. The molecule has 3 aromatic rings. The van der Waals surface area contributed by atoms with Gasteiger partial charge in [0.15, 0.2) is 28.6 Å². The predicted molar refractivity (Wildman–Crippen MR) is 114 cm³/mol. The van der Waals surface area contributed by atoms with Crippen LogP contribution in [0.1, 0.15) is 24.4 Å². The van der Waals surface area contributed by atoms with Crippen LogP contribution in [0.2, 0.25) is 0 Å². The molecule has 1 aromatic heterocycles. The summed E-state index contributed by atoms with van der Waals surface area (Å²) >= 11 is 1.15. The summed E-state index contributed by atoms with van der Waals surface area (Å²) in [7, 11) is 3.31. The van der Waals surface area contributed by atoms with Gasteiger partial charge in [-0.15, -0.1) is 10.2 Å². The molecule has 1 amide bonds. The standard InChI is InChI=1S/C21H21F3N4O3S/c1-13(31-17-7-5-4-6-16(17)30-3)19-26-27-20(28(19)2)32-12-18(29)25-15-10-8-14(9-11-15)21(22,23)24/h4-11,13H,12H2,1-3H3,(H,25,29). The van der Waals surface area contributed by atoms with Crippen molar-refractivity contribution in [1.29, 1.82) is 0 Å². The number of alkyl halides is 3. The second-order valence-corrected chi connectivity index (χ2v) is 7.67. The molecule has 0 bridgehead atoms. The monoisotopic (exact) mass is 466 g/mol. The summed E-state index contributed by atoms with van der Waals surface area (Å²) in [5, 5.41) is 11.3. The summed E-state index contributed by atoms with van der Waals surface area (Å²) in [5.41, 5.74) is -0.498. The van der Waals surface area contributed by atoms with Crippen molar-refractivity contribution in [3.63, 3.8) is 0 Å². The molecule has 0 saturated carbocycles. The lowest BCUT2D eigenvalue weighted by atomic mass is 10.2. The Morgan fingerprint density at radius 2 is 1.78 bits per heavy atom. The van der Waals surface area contributed by atoms with Crippen LogP contribution in [-0.4, -0.2) is 33.5 Å². The number of carbonyl (C=O) groups excluding carboxylic acids is 1. The van der Waals surface area contributed by atoms with Gasteiger partial charge in [-0.2, -0.15) is 13.2 Å². The number of para-hydroxylation sites is 2. The van der Waals surface area contributed by atoms with Crippen LogP contribution in [0.3, 0.4) is 0 Å². The van der Waals surface area contributed by atoms with E-state index in [0.29, 0.717) is 22.5 Å². The fourth-order valence-corrected chi connectivity index (χ4v) is 3.55. The van der Waals surface area contributed by atoms with Gasteiger partial charge in [-0.25, -0.2) is 0 Å². The van der Waals surface area contributed by atoms with Crippen molar-refractivity contribution in [2.45, 2.75) is 24.4 Å². The minimum Gasteiger partial charge on any atom is -0.493 e. The Labute approximate surface area is 186 Å². The van der Waals surface area contributed by atoms with Gasteiger partial charge in [-0.1, -0.05) is 23.9 Å². The highest BCUT2D eigenvalue weighted by molar-refractivity contribution is 7.99. The Kier molecular flexibility index (Phi) is 7.29. The lowest BCUT2D eigenvalue weighted by molar-refractivity contribution is -0.137. The first-order chi connectivity index (χ1) is 15.2. The van der Waals surface area contributed by atoms with Crippen LogP contribution < -0.4 is 14.8 Å². The van der Waals surface area contributed by atoms with E-state index < -0.39 is 17.8 Å². The number of thioether (sulfide) groups is 1. The van der Waals surface area contributed by atoms with Gasteiger partial charge in [-0.05, 0) is 43.3 Å². The average molecular weight is 466 g/mol. The molecule has 7 nitrogen and oxygen atoms in total. The van der Waals surface area contributed by atoms with E-state index in [1.165, 1.54) is 12.1 Å². The van der Waals surface area contributed by atoms with Gasteiger partial charge < -0.3 is 19.4 Å². The third-order valence-electron chi connectivity index (χ3n) is 4.43. The molecule has 3 rings (SSSR count). The average Bonchev–Trinajstić information content (AvgIpc) is 3.13. The summed E-state index contributed by atoms with van der Waals surface area (Å²) in [6.45, 7) is 1.82. The first-order valence-electron chi connectivity index (χ1n) is 9.48. The number of halogens is 3. The highest BCUT2D eigenvalue weighted by atomic mass is 32.2. The van der Waals surface area contributed by atoms with Crippen molar-refractivity contribution in [3.05, 3.63) is 59.9 Å². The van der Waals surface area contributed by atoms with Crippen LogP contribution in [0.25, 0.3) is 0 Å². The number of rotatable bonds is 8. The van der Waals surface area contributed by atoms with Crippen LogP contribution in [0.15, 0.2) is 53.7 Å². The minimum absolute atomic E-state index is 0.00867. The third kappa shape index (κ3) is 5.72. The third-order valence-corrected chi connectivity index (χ3v) is 5.45. The Balaban J connectivity index is 1.58. The molecule has 32 heavy (non-hydrogen) atoms. The molecule has 1 unspecified atom stereocenters. The number of methoxy groups -OCH3 is 1. The number of nitrogens with zero attached hydrogens (tertiary/aromatic N) is 3. The van der Waals surface area contributed by atoms with E-state index in [4.69, 9.17) is 9.47 Å². The van der Waals surface area contributed by atoms with Crippen LogP contribution in [-0.2, 0) is 18.0 Å². The number of nitrogens with one attached hydrogen (secondary N) is 1. The number of hydrogen-bond acceptors (Lipinski definition) is 6.